The minimum atomic E-state index is -0.735. The van der Waals surface area contributed by atoms with E-state index in [1.54, 1.807) is 55.3 Å². The molecule has 1 heterocycles. The van der Waals surface area contributed by atoms with Gasteiger partial charge in [-0.15, -0.1) is 0 Å². The first-order chi connectivity index (χ1) is 14.7. The number of aromatic nitrogens is 3. The van der Waals surface area contributed by atoms with Gasteiger partial charge < -0.3 is 24.5 Å². The summed E-state index contributed by atoms with van der Waals surface area (Å²) < 4.78 is 10.8. The van der Waals surface area contributed by atoms with Gasteiger partial charge in [0.25, 0.3) is 11.5 Å². The third kappa shape index (κ3) is 5.71. The summed E-state index contributed by atoms with van der Waals surface area (Å²) in [7, 11) is 5.56. The van der Waals surface area contributed by atoms with E-state index in [0.29, 0.717) is 39.8 Å². The van der Waals surface area contributed by atoms with Crippen molar-refractivity contribution in [1.82, 2.24) is 15.0 Å². The van der Waals surface area contributed by atoms with Crippen molar-refractivity contribution in [3.63, 3.8) is 0 Å². The summed E-state index contributed by atoms with van der Waals surface area (Å²) in [5, 5.41) is 16.7. The molecule has 31 heavy (non-hydrogen) atoms. The largest absolute Gasteiger partial charge is 0.594 e. The fourth-order valence-electron chi connectivity index (χ4n) is 2.71. The zero-order valence-electron chi connectivity index (χ0n) is 17.8. The fourth-order valence-corrected chi connectivity index (χ4v) is 2.88. The van der Waals surface area contributed by atoms with Crippen LogP contribution >= 0.6 is 11.6 Å². The van der Waals surface area contributed by atoms with Crippen molar-refractivity contribution < 1.29 is 19.1 Å². The number of ether oxygens (including phenoxy) is 2. The zero-order valence-corrected chi connectivity index (χ0v) is 18.5. The van der Waals surface area contributed by atoms with Crippen LogP contribution in [-0.4, -0.2) is 61.4 Å². The molecule has 1 unspecified atom stereocenters. The lowest BCUT2D eigenvalue weighted by Crippen LogP contribution is -2.34. The van der Waals surface area contributed by atoms with Gasteiger partial charge in [-0.25, -0.2) is 9.78 Å². The van der Waals surface area contributed by atoms with Gasteiger partial charge in [-0.05, 0) is 62.3 Å². The highest BCUT2D eigenvalue weighted by Gasteiger charge is 2.18. The first kappa shape index (κ1) is 22.5. The maximum Gasteiger partial charge on any atom is 0.347 e. The molecular weight excluding hydrogens is 422 g/mol. The van der Waals surface area contributed by atoms with Gasteiger partial charge >= 0.3 is 5.97 Å². The Morgan fingerprint density at radius 1 is 1.19 bits per heavy atom. The van der Waals surface area contributed by atoms with Gasteiger partial charge in [0, 0.05) is 30.4 Å². The molecule has 0 saturated heterocycles. The third-order valence-electron chi connectivity index (χ3n) is 4.50. The van der Waals surface area contributed by atoms with Gasteiger partial charge in [0.1, 0.15) is 17.9 Å². The Hall–Kier alpha value is -3.17. The van der Waals surface area contributed by atoms with Gasteiger partial charge in [-0.1, -0.05) is 11.6 Å². The van der Waals surface area contributed by atoms with Gasteiger partial charge in [0.05, 0.1) is 5.10 Å². The van der Waals surface area contributed by atoms with Crippen molar-refractivity contribution in [3.8, 4) is 5.75 Å². The second-order valence-electron chi connectivity index (χ2n) is 7.20. The topological polar surface area (TPSA) is 94.7 Å². The maximum absolute atomic E-state index is 12.3. The highest BCUT2D eigenvalue weighted by atomic mass is 35.5. The molecule has 0 spiro atoms. The van der Waals surface area contributed by atoms with E-state index >= 15 is 0 Å². The lowest BCUT2D eigenvalue weighted by atomic mass is 10.3. The number of fused-ring (bicyclic) bond motifs is 1. The van der Waals surface area contributed by atoms with Crippen molar-refractivity contribution >= 4 is 40.2 Å². The minimum absolute atomic E-state index is 0.233. The molecule has 0 fully saturated rings. The molecule has 0 amide bonds. The van der Waals surface area contributed by atoms with Crippen molar-refractivity contribution in [1.29, 1.82) is 0 Å². The number of likely N-dealkylation sites (N-methyl/N-ethyl adjacent to an activating group) is 1. The zero-order chi connectivity index (χ0) is 22.5. The molecule has 0 aliphatic rings. The monoisotopic (exact) mass is 445 g/mol. The Bertz CT molecular complexity index is 1060. The van der Waals surface area contributed by atoms with E-state index in [9.17, 15) is 10.0 Å². The Morgan fingerprint density at radius 2 is 1.90 bits per heavy atom. The summed E-state index contributed by atoms with van der Waals surface area (Å²) in [6, 6.07) is 11.9. The van der Waals surface area contributed by atoms with Crippen LogP contribution in [0.25, 0.3) is 11.0 Å². The number of halogens is 1. The number of anilines is 2. The summed E-state index contributed by atoms with van der Waals surface area (Å²) in [4.78, 5) is 20.5. The number of nitrogens with zero attached hydrogens (tertiary/aromatic N) is 5. The van der Waals surface area contributed by atoms with Crippen molar-refractivity contribution in [2.24, 2.45) is 0 Å². The maximum atomic E-state index is 12.3. The summed E-state index contributed by atoms with van der Waals surface area (Å²) in [6.07, 6.45) is -0.735. The van der Waals surface area contributed by atoms with Gasteiger partial charge in [0.2, 0.25) is 0 Å². The van der Waals surface area contributed by atoms with Crippen molar-refractivity contribution in [2.45, 2.75) is 13.0 Å². The van der Waals surface area contributed by atoms with Crippen LogP contribution in [0, 0.1) is 5.21 Å². The molecule has 1 atom stereocenters. The van der Waals surface area contributed by atoms with Gasteiger partial charge in [0.15, 0.2) is 6.10 Å². The van der Waals surface area contributed by atoms with Crippen LogP contribution in [0.15, 0.2) is 42.5 Å². The molecule has 2 aromatic carbocycles. The summed E-state index contributed by atoms with van der Waals surface area (Å²) in [5.41, 5.74) is 1.51. The van der Waals surface area contributed by atoms with E-state index in [1.807, 2.05) is 19.0 Å². The Morgan fingerprint density at radius 3 is 2.58 bits per heavy atom. The van der Waals surface area contributed by atoms with E-state index < -0.39 is 12.1 Å². The van der Waals surface area contributed by atoms with Crippen molar-refractivity contribution in [2.75, 3.05) is 39.2 Å². The van der Waals surface area contributed by atoms with E-state index in [2.05, 4.69) is 10.1 Å². The summed E-state index contributed by atoms with van der Waals surface area (Å²) >= 11 is 5.94. The number of esters is 1. The van der Waals surface area contributed by atoms with Crippen LogP contribution in [0.5, 0.6) is 5.75 Å². The number of hydrogen-bond acceptors (Lipinski definition) is 8. The second kappa shape index (κ2) is 9.76. The van der Waals surface area contributed by atoms with Crippen LogP contribution in [0.1, 0.15) is 6.92 Å². The first-order valence-electron chi connectivity index (χ1n) is 9.63. The third-order valence-corrected chi connectivity index (χ3v) is 4.73. The Balaban J connectivity index is 1.67. The molecule has 9 nitrogen and oxygen atoms in total. The van der Waals surface area contributed by atoms with E-state index in [1.165, 1.54) is 6.07 Å². The quantitative estimate of drug-likeness (QED) is 0.296. The molecule has 0 bridgehead atoms. The van der Waals surface area contributed by atoms with Crippen molar-refractivity contribution in [3.05, 3.63) is 52.7 Å². The number of carbonyl (C=O) groups is 1. The molecule has 0 saturated carbocycles. The van der Waals surface area contributed by atoms with Crippen LogP contribution in [0.4, 0.5) is 11.6 Å². The van der Waals surface area contributed by atoms with Crippen LogP contribution < -0.4 is 14.5 Å². The number of benzene rings is 2. The van der Waals surface area contributed by atoms with Crippen LogP contribution in [0.2, 0.25) is 5.02 Å². The van der Waals surface area contributed by atoms with E-state index in [-0.39, 0.29) is 5.95 Å². The molecular formula is C21H24ClN5O4. The molecule has 1 aromatic heterocycles. The Labute approximate surface area is 185 Å². The molecule has 0 radical (unpaired) electrons. The number of carbonyl (C=O) groups excluding carboxylic acids is 1. The SMILES string of the molecule is CC(Oc1ccc(N(C)c2nc3ccc(Cl)cc3[n+]([O-])n2)cc1)C(=O)OCCN(C)C. The van der Waals surface area contributed by atoms with E-state index in [4.69, 9.17) is 21.1 Å². The minimum Gasteiger partial charge on any atom is -0.594 e. The number of hydrogen-bond donors (Lipinski definition) is 0. The van der Waals surface area contributed by atoms with Gasteiger partial charge in [-0.3, -0.25) is 0 Å². The average Bonchev–Trinajstić information content (AvgIpc) is 2.73. The molecule has 3 aromatic rings. The van der Waals surface area contributed by atoms with Crippen LogP contribution in [0.3, 0.4) is 0 Å². The van der Waals surface area contributed by atoms with Gasteiger partial charge in [-0.2, -0.15) is 0 Å². The fraction of sp³-hybridized carbons (Fsp3) is 0.333. The highest BCUT2D eigenvalue weighted by molar-refractivity contribution is 6.31. The summed E-state index contributed by atoms with van der Waals surface area (Å²) in [6.45, 7) is 2.59. The first-order valence-corrected chi connectivity index (χ1v) is 10.0. The molecule has 0 N–H and O–H groups in total. The molecule has 10 heteroatoms. The number of rotatable bonds is 8. The predicted octanol–water partition coefficient (Wildman–Crippen LogP) is 2.56. The lowest BCUT2D eigenvalue weighted by molar-refractivity contribution is -0.641. The second-order valence-corrected chi connectivity index (χ2v) is 7.64. The predicted molar refractivity (Wildman–Crippen MR) is 118 cm³/mol. The van der Waals surface area contributed by atoms with E-state index in [0.717, 1.165) is 5.69 Å². The lowest BCUT2D eigenvalue weighted by Gasteiger charge is -2.18. The molecule has 0 aliphatic carbocycles. The Kier molecular flexibility index (Phi) is 7.09. The summed E-state index contributed by atoms with van der Waals surface area (Å²) in [5.74, 6) is 0.325. The average molecular weight is 446 g/mol. The standard InChI is InChI=1S/C21H24ClN5O4/c1-14(20(28)30-12-11-25(2)3)31-17-8-6-16(7-9-17)26(4)21-23-18-10-5-15(22)13-19(18)27(29)24-21/h5-10,13-14H,11-12H2,1-4H3. The highest BCUT2D eigenvalue weighted by Crippen LogP contribution is 2.24. The normalized spacial score (nSPS) is 12.1. The smallest absolute Gasteiger partial charge is 0.347 e. The molecule has 164 valence electrons. The molecule has 0 aliphatic heterocycles. The van der Waals surface area contributed by atoms with Crippen LogP contribution in [-0.2, 0) is 9.53 Å². The molecule has 3 rings (SSSR count).